The van der Waals surface area contributed by atoms with Crippen LogP contribution in [-0.2, 0) is 34.2 Å². The Morgan fingerprint density at radius 3 is 2.18 bits per heavy atom. The molecule has 1 aliphatic heterocycles. The summed E-state index contributed by atoms with van der Waals surface area (Å²) in [5, 5.41) is 0. The highest BCUT2D eigenvalue weighted by Crippen LogP contribution is 2.33. The first-order valence-electron chi connectivity index (χ1n) is 11.9. The lowest BCUT2D eigenvalue weighted by Crippen LogP contribution is -2.48. The zero-order valence-corrected chi connectivity index (χ0v) is 21.3. The Kier molecular flexibility index (Phi) is 7.06. The molecule has 0 aromatic heterocycles. The minimum atomic E-state index is -3.85. The zero-order chi connectivity index (χ0) is 24.5. The number of Topliss-reactive ketones (excluding diaryl/α,β-unsaturated/α-hetero) is 1. The van der Waals surface area contributed by atoms with Crippen molar-refractivity contribution in [2.75, 3.05) is 0 Å². The van der Waals surface area contributed by atoms with E-state index in [0.717, 1.165) is 34.2 Å². The summed E-state index contributed by atoms with van der Waals surface area (Å²) in [6.07, 6.45) is 2.30. The van der Waals surface area contributed by atoms with Gasteiger partial charge in [-0.2, -0.15) is 4.31 Å². The second-order valence-corrected chi connectivity index (χ2v) is 11.3. The molecule has 4 rings (SSSR count). The van der Waals surface area contributed by atoms with Crippen LogP contribution < -0.4 is 0 Å². The van der Waals surface area contributed by atoms with E-state index in [-0.39, 0.29) is 12.3 Å². The molecular formula is C29H33NO3S. The van der Waals surface area contributed by atoms with Crippen molar-refractivity contribution in [3.05, 3.63) is 99.6 Å². The highest BCUT2D eigenvalue weighted by molar-refractivity contribution is 7.89. The van der Waals surface area contributed by atoms with Crippen molar-refractivity contribution in [1.82, 2.24) is 4.31 Å². The molecule has 0 aliphatic carbocycles. The summed E-state index contributed by atoms with van der Waals surface area (Å²) in [6.45, 7) is 7.94. The Bertz CT molecular complexity index is 1300. The quantitative estimate of drug-likeness (QED) is 0.445. The van der Waals surface area contributed by atoms with Crippen molar-refractivity contribution in [1.29, 1.82) is 0 Å². The number of aryl methyl sites for hydroxylation is 5. The minimum Gasteiger partial charge on any atom is -0.298 e. The Balaban J connectivity index is 1.64. The molecule has 0 saturated heterocycles. The normalized spacial score (nSPS) is 16.3. The fourth-order valence-corrected chi connectivity index (χ4v) is 7.23. The first-order valence-corrected chi connectivity index (χ1v) is 13.4. The van der Waals surface area contributed by atoms with E-state index in [2.05, 4.69) is 19.1 Å². The maximum atomic E-state index is 14.0. The van der Waals surface area contributed by atoms with Crippen molar-refractivity contribution in [2.45, 2.75) is 70.9 Å². The van der Waals surface area contributed by atoms with Gasteiger partial charge in [0.1, 0.15) is 0 Å². The van der Waals surface area contributed by atoms with Crippen LogP contribution in [0.4, 0.5) is 0 Å². The largest absolute Gasteiger partial charge is 0.298 e. The molecule has 0 amide bonds. The van der Waals surface area contributed by atoms with Gasteiger partial charge >= 0.3 is 0 Å². The number of hydrogen-bond acceptors (Lipinski definition) is 3. The van der Waals surface area contributed by atoms with Gasteiger partial charge < -0.3 is 0 Å². The molecule has 5 heteroatoms. The van der Waals surface area contributed by atoms with Gasteiger partial charge in [0.15, 0.2) is 5.78 Å². The van der Waals surface area contributed by atoms with Crippen molar-refractivity contribution >= 4 is 15.8 Å². The van der Waals surface area contributed by atoms with Crippen LogP contribution in [0.1, 0.15) is 51.8 Å². The molecular weight excluding hydrogens is 442 g/mol. The summed E-state index contributed by atoms with van der Waals surface area (Å²) < 4.78 is 29.4. The third-order valence-electron chi connectivity index (χ3n) is 6.88. The molecule has 1 aliphatic rings. The summed E-state index contributed by atoms with van der Waals surface area (Å²) >= 11 is 0. The van der Waals surface area contributed by atoms with Gasteiger partial charge in [-0.05, 0) is 80.3 Å². The number of nitrogens with zero attached hydrogens (tertiary/aromatic N) is 1. The fraction of sp³-hybridized carbons (Fsp3) is 0.345. The van der Waals surface area contributed by atoms with Gasteiger partial charge in [-0.25, -0.2) is 8.42 Å². The summed E-state index contributed by atoms with van der Waals surface area (Å²) in [4.78, 5) is 13.8. The molecule has 3 aromatic carbocycles. The molecule has 1 unspecified atom stereocenters. The van der Waals surface area contributed by atoms with Crippen LogP contribution in [-0.4, -0.2) is 24.5 Å². The van der Waals surface area contributed by atoms with Crippen LogP contribution in [0.2, 0.25) is 0 Å². The van der Waals surface area contributed by atoms with Crippen LogP contribution >= 0.6 is 0 Å². The van der Waals surface area contributed by atoms with Gasteiger partial charge in [-0.15, -0.1) is 0 Å². The van der Waals surface area contributed by atoms with Crippen LogP contribution in [0.15, 0.2) is 65.6 Å². The van der Waals surface area contributed by atoms with Crippen LogP contribution in [0.5, 0.6) is 0 Å². The number of carbonyl (C=O) groups excluding carboxylic acids is 1. The van der Waals surface area contributed by atoms with E-state index in [1.165, 1.54) is 15.4 Å². The van der Waals surface area contributed by atoms with Gasteiger partial charge in [0.2, 0.25) is 10.0 Å². The number of sulfonamides is 1. The number of ketones is 1. The van der Waals surface area contributed by atoms with Gasteiger partial charge in [0.05, 0.1) is 10.9 Å². The average Bonchev–Trinajstić information content (AvgIpc) is 2.78. The molecule has 3 aromatic rings. The van der Waals surface area contributed by atoms with E-state index < -0.39 is 16.1 Å². The van der Waals surface area contributed by atoms with E-state index in [1.807, 2.05) is 69.3 Å². The van der Waals surface area contributed by atoms with E-state index in [0.29, 0.717) is 24.2 Å². The van der Waals surface area contributed by atoms with Crippen molar-refractivity contribution < 1.29 is 13.2 Å². The summed E-state index contributed by atoms with van der Waals surface area (Å²) in [7, 11) is -3.85. The standard InChI is InChI=1S/C29H33NO3S/c1-20-16-22(3)29(23(4)17-20)34(32,33)30-19-26-13-8-7-12-25(26)18-27(30)28(31)15-9-14-24-11-6-5-10-21(24)2/h5-8,10-13,16-17,27H,9,14-15,18-19H2,1-4H3. The average molecular weight is 476 g/mol. The molecule has 4 nitrogen and oxygen atoms in total. The summed E-state index contributed by atoms with van der Waals surface area (Å²) in [6, 6.07) is 19.2. The molecule has 178 valence electrons. The first kappa shape index (κ1) is 24.4. The van der Waals surface area contributed by atoms with Crippen LogP contribution in [0.25, 0.3) is 0 Å². The number of rotatable bonds is 7. The molecule has 34 heavy (non-hydrogen) atoms. The smallest absolute Gasteiger partial charge is 0.244 e. The third-order valence-corrected chi connectivity index (χ3v) is 9.04. The summed E-state index contributed by atoms with van der Waals surface area (Å²) in [5.41, 5.74) is 6.96. The Morgan fingerprint density at radius 1 is 0.882 bits per heavy atom. The predicted octanol–water partition coefficient (Wildman–Crippen LogP) is 5.63. The van der Waals surface area contributed by atoms with E-state index in [1.54, 1.807) is 0 Å². The highest BCUT2D eigenvalue weighted by Gasteiger charge is 2.40. The van der Waals surface area contributed by atoms with Gasteiger partial charge in [0.25, 0.3) is 0 Å². The maximum absolute atomic E-state index is 14.0. The Morgan fingerprint density at radius 2 is 1.50 bits per heavy atom. The zero-order valence-electron chi connectivity index (χ0n) is 20.5. The SMILES string of the molecule is Cc1cc(C)c(S(=O)(=O)N2Cc3ccccc3CC2C(=O)CCCc2ccccc2C)c(C)c1. The topological polar surface area (TPSA) is 54.5 Å². The first-order chi connectivity index (χ1) is 16.2. The second kappa shape index (κ2) is 9.85. The lowest BCUT2D eigenvalue weighted by molar-refractivity contribution is -0.123. The molecule has 0 radical (unpaired) electrons. The molecule has 0 spiro atoms. The monoisotopic (exact) mass is 475 g/mol. The molecule has 1 atom stereocenters. The number of carbonyl (C=O) groups is 1. The fourth-order valence-electron chi connectivity index (χ4n) is 5.23. The lowest BCUT2D eigenvalue weighted by atomic mass is 9.91. The molecule has 0 fully saturated rings. The Hall–Kier alpha value is -2.76. The van der Waals surface area contributed by atoms with Crippen molar-refractivity contribution in [3.8, 4) is 0 Å². The van der Waals surface area contributed by atoms with Gasteiger partial charge in [-0.3, -0.25) is 4.79 Å². The maximum Gasteiger partial charge on any atom is 0.244 e. The Labute approximate surface area is 203 Å². The van der Waals surface area contributed by atoms with E-state index in [4.69, 9.17) is 0 Å². The number of fused-ring (bicyclic) bond motifs is 1. The van der Waals surface area contributed by atoms with Crippen LogP contribution in [0, 0.1) is 27.7 Å². The lowest BCUT2D eigenvalue weighted by Gasteiger charge is -2.36. The van der Waals surface area contributed by atoms with Gasteiger partial charge in [-0.1, -0.05) is 66.2 Å². The van der Waals surface area contributed by atoms with Crippen molar-refractivity contribution in [3.63, 3.8) is 0 Å². The summed E-state index contributed by atoms with van der Waals surface area (Å²) in [5.74, 6) is -0.00548. The van der Waals surface area contributed by atoms with Crippen LogP contribution in [0.3, 0.4) is 0 Å². The highest BCUT2D eigenvalue weighted by atomic mass is 32.2. The molecule has 0 bridgehead atoms. The predicted molar refractivity (Wildman–Crippen MR) is 136 cm³/mol. The second-order valence-electron chi connectivity index (χ2n) is 9.51. The molecule has 0 N–H and O–H groups in total. The van der Waals surface area contributed by atoms with Crippen molar-refractivity contribution in [2.24, 2.45) is 0 Å². The molecule has 1 heterocycles. The minimum absolute atomic E-state index is 0.00548. The number of hydrogen-bond donors (Lipinski definition) is 0. The van der Waals surface area contributed by atoms with Gasteiger partial charge in [0, 0.05) is 13.0 Å². The third kappa shape index (κ3) is 4.86. The number of benzene rings is 3. The van der Waals surface area contributed by atoms with E-state index >= 15 is 0 Å². The molecule has 0 saturated carbocycles. The van der Waals surface area contributed by atoms with E-state index in [9.17, 15) is 13.2 Å².